The number of carbonyl (C=O) groups excluding carboxylic acids is 1. The standard InChI is InChI=1S/C20H23FN4OS/c1-12-5-6-15(10-18(12)21)9-16-11-22-20(27-16)23-19(26)8-7-17-13(2)24-25(4)14(17)3/h5-6,10-11H,7-9H2,1-4H3,(H,22,23,26). The third-order valence-electron chi connectivity index (χ3n) is 4.68. The molecule has 1 amide bonds. The minimum atomic E-state index is -0.202. The Bertz CT molecular complexity index is 977. The van der Waals surface area contributed by atoms with Gasteiger partial charge in [-0.15, -0.1) is 11.3 Å². The Labute approximate surface area is 162 Å². The van der Waals surface area contributed by atoms with E-state index in [-0.39, 0.29) is 11.7 Å². The van der Waals surface area contributed by atoms with Crippen LogP contribution in [0.4, 0.5) is 9.52 Å². The predicted octanol–water partition coefficient (Wildman–Crippen LogP) is 4.10. The molecule has 3 rings (SSSR count). The van der Waals surface area contributed by atoms with E-state index in [1.807, 2.05) is 31.6 Å². The van der Waals surface area contributed by atoms with Gasteiger partial charge >= 0.3 is 0 Å². The number of anilines is 1. The van der Waals surface area contributed by atoms with Crippen LogP contribution in [0.2, 0.25) is 0 Å². The third-order valence-corrected chi connectivity index (χ3v) is 5.59. The highest BCUT2D eigenvalue weighted by Gasteiger charge is 2.13. The Morgan fingerprint density at radius 2 is 2.07 bits per heavy atom. The van der Waals surface area contributed by atoms with E-state index in [1.54, 1.807) is 25.3 Å². The van der Waals surface area contributed by atoms with Crippen molar-refractivity contribution in [2.24, 2.45) is 7.05 Å². The van der Waals surface area contributed by atoms with Gasteiger partial charge in [-0.1, -0.05) is 12.1 Å². The van der Waals surface area contributed by atoms with Gasteiger partial charge in [0.25, 0.3) is 0 Å². The van der Waals surface area contributed by atoms with Crippen LogP contribution in [0, 0.1) is 26.6 Å². The van der Waals surface area contributed by atoms with Crippen LogP contribution in [0.5, 0.6) is 0 Å². The van der Waals surface area contributed by atoms with Crippen molar-refractivity contribution >= 4 is 22.4 Å². The highest BCUT2D eigenvalue weighted by Crippen LogP contribution is 2.22. The second kappa shape index (κ2) is 8.00. The Hall–Kier alpha value is -2.54. The molecule has 2 aromatic heterocycles. The van der Waals surface area contributed by atoms with E-state index >= 15 is 0 Å². The van der Waals surface area contributed by atoms with Gasteiger partial charge in [0, 0.05) is 36.7 Å². The van der Waals surface area contributed by atoms with Gasteiger partial charge in [0.1, 0.15) is 5.82 Å². The lowest BCUT2D eigenvalue weighted by atomic mass is 10.1. The number of aromatic nitrogens is 3. The Balaban J connectivity index is 1.56. The number of benzene rings is 1. The molecule has 27 heavy (non-hydrogen) atoms. The number of halogens is 1. The van der Waals surface area contributed by atoms with Gasteiger partial charge in [0.05, 0.1) is 5.69 Å². The van der Waals surface area contributed by atoms with Crippen LogP contribution in [-0.2, 0) is 24.7 Å². The first-order valence-corrected chi connectivity index (χ1v) is 9.64. The van der Waals surface area contributed by atoms with Crippen LogP contribution >= 0.6 is 11.3 Å². The molecule has 0 spiro atoms. The molecule has 0 saturated carbocycles. The van der Waals surface area contributed by atoms with Crippen LogP contribution in [0.25, 0.3) is 0 Å². The maximum absolute atomic E-state index is 13.7. The van der Waals surface area contributed by atoms with Gasteiger partial charge < -0.3 is 5.32 Å². The highest BCUT2D eigenvalue weighted by molar-refractivity contribution is 7.15. The fourth-order valence-corrected chi connectivity index (χ4v) is 3.86. The molecule has 0 bridgehead atoms. The van der Waals surface area contributed by atoms with Crippen molar-refractivity contribution in [3.05, 3.63) is 63.2 Å². The number of aryl methyl sites for hydroxylation is 3. The zero-order valence-electron chi connectivity index (χ0n) is 16.0. The van der Waals surface area contributed by atoms with Crippen LogP contribution in [0.15, 0.2) is 24.4 Å². The number of hydrogen-bond acceptors (Lipinski definition) is 4. The molecule has 7 heteroatoms. The molecule has 0 atom stereocenters. The number of carbonyl (C=O) groups is 1. The first kappa shape index (κ1) is 19.2. The Morgan fingerprint density at radius 1 is 1.30 bits per heavy atom. The fourth-order valence-electron chi connectivity index (χ4n) is 2.99. The topological polar surface area (TPSA) is 59.8 Å². The summed E-state index contributed by atoms with van der Waals surface area (Å²) in [6.45, 7) is 5.71. The average molecular weight is 386 g/mol. The molecule has 2 heterocycles. The molecular weight excluding hydrogens is 363 g/mol. The van der Waals surface area contributed by atoms with Crippen LogP contribution in [0.3, 0.4) is 0 Å². The lowest BCUT2D eigenvalue weighted by Gasteiger charge is -2.03. The Kier molecular flexibility index (Phi) is 5.70. The summed E-state index contributed by atoms with van der Waals surface area (Å²) in [4.78, 5) is 17.5. The summed E-state index contributed by atoms with van der Waals surface area (Å²) in [7, 11) is 1.91. The normalized spacial score (nSPS) is 11.0. The first-order chi connectivity index (χ1) is 12.8. The zero-order valence-corrected chi connectivity index (χ0v) is 16.8. The quantitative estimate of drug-likeness (QED) is 0.694. The largest absolute Gasteiger partial charge is 0.302 e. The molecule has 0 radical (unpaired) electrons. The third kappa shape index (κ3) is 4.60. The SMILES string of the molecule is Cc1ccc(Cc2cnc(NC(=O)CCc3c(C)nn(C)c3C)s2)cc1F. The van der Waals surface area contributed by atoms with Crippen molar-refractivity contribution in [2.75, 3.05) is 5.32 Å². The maximum atomic E-state index is 13.7. The van der Waals surface area contributed by atoms with Crippen LogP contribution < -0.4 is 5.32 Å². The Morgan fingerprint density at radius 3 is 2.74 bits per heavy atom. The molecule has 0 aliphatic carbocycles. The number of amides is 1. The molecule has 0 unspecified atom stereocenters. The van der Waals surface area contributed by atoms with E-state index in [0.717, 1.165) is 27.4 Å². The van der Waals surface area contributed by atoms with Crippen LogP contribution in [-0.4, -0.2) is 20.7 Å². The number of hydrogen-bond donors (Lipinski definition) is 1. The number of nitrogens with zero attached hydrogens (tertiary/aromatic N) is 3. The van der Waals surface area contributed by atoms with E-state index < -0.39 is 0 Å². The first-order valence-electron chi connectivity index (χ1n) is 8.82. The van der Waals surface area contributed by atoms with Crippen LogP contribution in [0.1, 0.15) is 39.4 Å². The molecule has 5 nitrogen and oxygen atoms in total. The molecule has 3 aromatic rings. The molecule has 0 aliphatic rings. The maximum Gasteiger partial charge on any atom is 0.226 e. The number of thiazole rings is 1. The van der Waals surface area contributed by atoms with Crippen molar-refractivity contribution in [1.82, 2.24) is 14.8 Å². The minimum absolute atomic E-state index is 0.0695. The van der Waals surface area contributed by atoms with Gasteiger partial charge in [0.15, 0.2) is 5.13 Å². The minimum Gasteiger partial charge on any atom is -0.302 e. The lowest BCUT2D eigenvalue weighted by Crippen LogP contribution is -2.12. The molecule has 0 saturated heterocycles. The monoisotopic (exact) mass is 386 g/mol. The summed E-state index contributed by atoms with van der Waals surface area (Å²) < 4.78 is 15.5. The summed E-state index contributed by atoms with van der Waals surface area (Å²) >= 11 is 1.42. The predicted molar refractivity (Wildman–Crippen MR) is 106 cm³/mol. The highest BCUT2D eigenvalue weighted by atomic mass is 32.1. The molecule has 1 aromatic carbocycles. The fraction of sp³-hybridized carbons (Fsp3) is 0.350. The zero-order chi connectivity index (χ0) is 19.6. The van der Waals surface area contributed by atoms with Gasteiger partial charge in [-0.05, 0) is 49.9 Å². The van der Waals surface area contributed by atoms with Crippen molar-refractivity contribution in [2.45, 2.75) is 40.0 Å². The van der Waals surface area contributed by atoms with E-state index in [2.05, 4.69) is 15.4 Å². The molecule has 142 valence electrons. The van der Waals surface area contributed by atoms with Gasteiger partial charge in [-0.25, -0.2) is 9.37 Å². The van der Waals surface area contributed by atoms with Crippen molar-refractivity contribution < 1.29 is 9.18 Å². The summed E-state index contributed by atoms with van der Waals surface area (Å²) in [6, 6.07) is 5.23. The van der Waals surface area contributed by atoms with E-state index in [9.17, 15) is 9.18 Å². The van der Waals surface area contributed by atoms with E-state index in [4.69, 9.17) is 0 Å². The lowest BCUT2D eigenvalue weighted by molar-refractivity contribution is -0.116. The number of rotatable bonds is 6. The van der Waals surface area contributed by atoms with Crippen molar-refractivity contribution in [3.8, 4) is 0 Å². The van der Waals surface area contributed by atoms with E-state index in [0.29, 0.717) is 30.0 Å². The van der Waals surface area contributed by atoms with Gasteiger partial charge in [-0.2, -0.15) is 5.10 Å². The number of nitrogens with one attached hydrogen (secondary N) is 1. The van der Waals surface area contributed by atoms with E-state index in [1.165, 1.54) is 11.3 Å². The second-order valence-corrected chi connectivity index (χ2v) is 7.83. The molecular formula is C20H23FN4OS. The summed E-state index contributed by atoms with van der Waals surface area (Å²) in [5.41, 5.74) is 4.69. The summed E-state index contributed by atoms with van der Waals surface area (Å²) in [5, 5.41) is 7.80. The molecule has 1 N–H and O–H groups in total. The molecule has 0 aliphatic heterocycles. The smallest absolute Gasteiger partial charge is 0.226 e. The van der Waals surface area contributed by atoms with Crippen molar-refractivity contribution in [3.63, 3.8) is 0 Å². The molecule has 0 fully saturated rings. The second-order valence-electron chi connectivity index (χ2n) is 6.71. The summed E-state index contributed by atoms with van der Waals surface area (Å²) in [5.74, 6) is -0.272. The van der Waals surface area contributed by atoms with Crippen molar-refractivity contribution in [1.29, 1.82) is 0 Å². The van der Waals surface area contributed by atoms with Gasteiger partial charge in [0.2, 0.25) is 5.91 Å². The average Bonchev–Trinajstić information content (AvgIpc) is 3.14. The van der Waals surface area contributed by atoms with Gasteiger partial charge in [-0.3, -0.25) is 9.48 Å². The summed E-state index contributed by atoms with van der Waals surface area (Å²) in [6.07, 6.45) is 3.36.